The summed E-state index contributed by atoms with van der Waals surface area (Å²) < 4.78 is 5.41. The van der Waals surface area contributed by atoms with E-state index in [-0.39, 0.29) is 24.7 Å². The summed E-state index contributed by atoms with van der Waals surface area (Å²) in [6.45, 7) is 1.65. The molecule has 0 aromatic heterocycles. The van der Waals surface area contributed by atoms with E-state index in [1.165, 1.54) is 0 Å². The number of hydrogen-bond donors (Lipinski definition) is 1. The summed E-state index contributed by atoms with van der Waals surface area (Å²) in [5.74, 6) is -1.43. The number of carbonyl (C=O) groups excluding carboxylic acids is 2. The van der Waals surface area contributed by atoms with Crippen LogP contribution in [-0.4, -0.2) is 40.8 Å². The van der Waals surface area contributed by atoms with Gasteiger partial charge in [0.25, 0.3) is 0 Å². The molecule has 0 bridgehead atoms. The van der Waals surface area contributed by atoms with Gasteiger partial charge >= 0.3 is 0 Å². The summed E-state index contributed by atoms with van der Waals surface area (Å²) >= 11 is 0. The Morgan fingerprint density at radius 1 is 1.65 bits per heavy atom. The van der Waals surface area contributed by atoms with Gasteiger partial charge in [-0.15, -0.1) is 0 Å². The molecule has 2 heterocycles. The van der Waals surface area contributed by atoms with Crippen LogP contribution in [0.15, 0.2) is 11.3 Å². The first kappa shape index (κ1) is 11.9. The average Bonchev–Trinajstić information content (AvgIpc) is 2.59. The molecule has 2 rings (SSSR count). The Morgan fingerprint density at radius 2 is 2.35 bits per heavy atom. The molecule has 17 heavy (non-hydrogen) atoms. The molecule has 0 radical (unpaired) electrons. The minimum atomic E-state index is -1.36. The zero-order chi connectivity index (χ0) is 12.6. The summed E-state index contributed by atoms with van der Waals surface area (Å²) in [4.78, 5) is 23.5. The lowest BCUT2D eigenvalue weighted by Gasteiger charge is -2.35. The summed E-state index contributed by atoms with van der Waals surface area (Å²) in [5.41, 5.74) is 0.531. The van der Waals surface area contributed by atoms with Crippen LogP contribution in [0.4, 0.5) is 0 Å². The lowest BCUT2D eigenvalue weighted by atomic mass is 10.0. The second kappa shape index (κ2) is 4.37. The number of fused-ring (bicyclic) bond motifs is 1. The molecule has 0 saturated carbocycles. The summed E-state index contributed by atoms with van der Waals surface area (Å²) in [5, 5.41) is 20.3. The van der Waals surface area contributed by atoms with E-state index in [2.05, 4.69) is 0 Å². The quantitative estimate of drug-likeness (QED) is 0.619. The van der Waals surface area contributed by atoms with Gasteiger partial charge in [-0.2, -0.15) is 0 Å². The maximum atomic E-state index is 11.3. The first-order valence-electron chi connectivity index (χ1n) is 5.61. The van der Waals surface area contributed by atoms with Gasteiger partial charge in [0, 0.05) is 0 Å². The number of ether oxygens (including phenoxy) is 1. The third-order valence-electron chi connectivity index (χ3n) is 3.05. The van der Waals surface area contributed by atoms with Crippen LogP contribution >= 0.6 is 0 Å². The maximum Gasteiger partial charge on any atom is 0.232 e. The van der Waals surface area contributed by atoms with Crippen molar-refractivity contribution in [1.82, 2.24) is 4.90 Å². The molecule has 2 fully saturated rings. The average molecular weight is 240 g/mol. The minimum Gasteiger partial charge on any atom is -0.547 e. The zero-order valence-corrected chi connectivity index (χ0v) is 9.51. The molecule has 0 aromatic rings. The topological polar surface area (TPSA) is 89.9 Å². The molecule has 1 amide bonds. The Hall–Kier alpha value is -1.56. The molecule has 2 aliphatic heterocycles. The van der Waals surface area contributed by atoms with Crippen molar-refractivity contribution >= 4 is 11.9 Å². The van der Waals surface area contributed by atoms with Gasteiger partial charge < -0.3 is 19.7 Å². The van der Waals surface area contributed by atoms with Gasteiger partial charge in [-0.3, -0.25) is 9.69 Å². The number of aliphatic hydroxyl groups is 1. The van der Waals surface area contributed by atoms with Crippen molar-refractivity contribution < 1.29 is 24.5 Å². The Kier molecular flexibility index (Phi) is 3.06. The zero-order valence-electron chi connectivity index (χ0n) is 9.51. The van der Waals surface area contributed by atoms with Gasteiger partial charge in [0.15, 0.2) is 6.23 Å². The first-order valence-corrected chi connectivity index (χ1v) is 5.61. The van der Waals surface area contributed by atoms with Crippen LogP contribution < -0.4 is 5.11 Å². The Bertz CT molecular complexity index is 389. The van der Waals surface area contributed by atoms with Gasteiger partial charge in [-0.1, -0.05) is 13.3 Å². The van der Waals surface area contributed by atoms with Crippen molar-refractivity contribution in [2.75, 3.05) is 6.61 Å². The number of carbonyl (C=O) groups is 2. The van der Waals surface area contributed by atoms with E-state index in [0.717, 1.165) is 11.3 Å². The van der Waals surface area contributed by atoms with E-state index in [0.29, 0.717) is 12.0 Å². The third kappa shape index (κ3) is 1.78. The smallest absolute Gasteiger partial charge is 0.232 e. The maximum absolute atomic E-state index is 11.3. The van der Waals surface area contributed by atoms with Crippen molar-refractivity contribution in [2.24, 2.45) is 0 Å². The second-order valence-electron chi connectivity index (χ2n) is 4.18. The highest BCUT2D eigenvalue weighted by Crippen LogP contribution is 2.38. The van der Waals surface area contributed by atoms with E-state index in [9.17, 15) is 19.8 Å². The number of carboxylic acids is 1. The van der Waals surface area contributed by atoms with E-state index in [1.807, 2.05) is 6.92 Å². The molecule has 6 nitrogen and oxygen atoms in total. The number of carboxylic acid groups (broad SMARTS) is 1. The molecule has 0 aromatic carbocycles. The van der Waals surface area contributed by atoms with Gasteiger partial charge in [0.05, 0.1) is 19.0 Å². The van der Waals surface area contributed by atoms with Crippen LogP contribution in [0.25, 0.3) is 0 Å². The fourth-order valence-corrected chi connectivity index (χ4v) is 2.23. The Morgan fingerprint density at radius 3 is 2.82 bits per heavy atom. The van der Waals surface area contributed by atoms with Crippen molar-refractivity contribution in [2.45, 2.75) is 38.5 Å². The van der Waals surface area contributed by atoms with Gasteiger partial charge in [0.1, 0.15) is 11.8 Å². The number of β-lactam (4-membered cyclic amide) rings is 1. The molecule has 1 N–H and O–H groups in total. The standard InChI is InChI=1S/C11H15NO5/c1-2-3-6(5-13)10-9(11(15)16)12-7(14)4-8(12)17-10/h8-9,13H,2-5H2,1H3,(H,15,16)/p-1/b10-6-/t8-,9?/m1/s1. The lowest BCUT2D eigenvalue weighted by molar-refractivity contribution is -0.310. The van der Waals surface area contributed by atoms with Crippen molar-refractivity contribution in [3.8, 4) is 0 Å². The largest absolute Gasteiger partial charge is 0.547 e. The van der Waals surface area contributed by atoms with Crippen LogP contribution in [0.5, 0.6) is 0 Å². The van der Waals surface area contributed by atoms with Crippen LogP contribution in [0.1, 0.15) is 26.2 Å². The van der Waals surface area contributed by atoms with Crippen LogP contribution in [-0.2, 0) is 14.3 Å². The van der Waals surface area contributed by atoms with Crippen LogP contribution in [0, 0.1) is 0 Å². The van der Waals surface area contributed by atoms with Gasteiger partial charge in [-0.25, -0.2) is 0 Å². The molecular weight excluding hydrogens is 226 g/mol. The fraction of sp³-hybridized carbons (Fsp3) is 0.636. The number of hydrogen-bond acceptors (Lipinski definition) is 5. The van der Waals surface area contributed by atoms with Gasteiger partial charge in [-0.05, 0) is 12.0 Å². The Labute approximate surface area is 98.5 Å². The van der Waals surface area contributed by atoms with Crippen molar-refractivity contribution in [3.05, 3.63) is 11.3 Å². The van der Waals surface area contributed by atoms with Crippen molar-refractivity contribution in [1.29, 1.82) is 0 Å². The van der Waals surface area contributed by atoms with Gasteiger partial charge in [0.2, 0.25) is 5.91 Å². The highest BCUT2D eigenvalue weighted by atomic mass is 16.5. The molecule has 6 heteroatoms. The number of amides is 1. The SMILES string of the molecule is CCC/C(CO)=C1/O[C@@H]2CC(=O)N2C1C(=O)[O-]. The molecule has 2 atom stereocenters. The minimum absolute atomic E-state index is 0.185. The highest BCUT2D eigenvalue weighted by molar-refractivity contribution is 5.90. The molecule has 94 valence electrons. The van der Waals surface area contributed by atoms with E-state index < -0.39 is 18.2 Å². The monoisotopic (exact) mass is 240 g/mol. The molecule has 0 aliphatic carbocycles. The number of nitrogens with zero attached hydrogens (tertiary/aromatic N) is 1. The van der Waals surface area contributed by atoms with E-state index >= 15 is 0 Å². The number of aliphatic carboxylic acids is 1. The molecule has 1 unspecified atom stereocenters. The highest BCUT2D eigenvalue weighted by Gasteiger charge is 2.51. The van der Waals surface area contributed by atoms with Crippen molar-refractivity contribution in [3.63, 3.8) is 0 Å². The Balaban J connectivity index is 2.33. The summed E-state index contributed by atoms with van der Waals surface area (Å²) in [6.07, 6.45) is 1.00. The number of aliphatic hydroxyl groups excluding tert-OH is 1. The molecule has 2 saturated heterocycles. The molecule has 2 aliphatic rings. The number of rotatable bonds is 4. The fourth-order valence-electron chi connectivity index (χ4n) is 2.23. The molecular formula is C11H14NO5-. The van der Waals surface area contributed by atoms with E-state index in [1.54, 1.807) is 0 Å². The predicted octanol–water partition coefficient (Wildman–Crippen LogP) is -1.26. The second-order valence-corrected chi connectivity index (χ2v) is 4.18. The first-order chi connectivity index (χ1) is 8.10. The summed E-state index contributed by atoms with van der Waals surface area (Å²) in [6, 6.07) is -1.17. The van der Waals surface area contributed by atoms with E-state index in [4.69, 9.17) is 4.74 Å². The predicted molar refractivity (Wildman–Crippen MR) is 54.2 cm³/mol. The summed E-state index contributed by atoms with van der Waals surface area (Å²) in [7, 11) is 0. The van der Waals surface area contributed by atoms with Crippen LogP contribution in [0.2, 0.25) is 0 Å². The third-order valence-corrected chi connectivity index (χ3v) is 3.05. The lowest BCUT2D eigenvalue weighted by Crippen LogP contribution is -2.57. The molecule has 0 spiro atoms. The normalized spacial score (nSPS) is 29.5. The van der Waals surface area contributed by atoms with Crippen LogP contribution in [0.3, 0.4) is 0 Å².